The molecule has 4 aromatic rings. The SMILES string of the molecule is O=S(=O)(c1ccc(-c2csc(=Nc3ccccc3)n2Cc2ccco2)cc1)N1CCCC1. The number of hydrogen-bond donors (Lipinski definition) is 0. The number of nitrogens with zero attached hydrogens (tertiary/aromatic N) is 3. The number of thiazole rings is 1. The summed E-state index contributed by atoms with van der Waals surface area (Å²) in [7, 11) is -3.43. The maximum absolute atomic E-state index is 12.9. The molecule has 164 valence electrons. The minimum atomic E-state index is -3.43. The minimum absolute atomic E-state index is 0.338. The predicted molar refractivity (Wildman–Crippen MR) is 125 cm³/mol. The Morgan fingerprint density at radius 1 is 0.938 bits per heavy atom. The summed E-state index contributed by atoms with van der Waals surface area (Å²) in [4.78, 5) is 6.00. The summed E-state index contributed by atoms with van der Waals surface area (Å²) in [5.41, 5.74) is 2.77. The fourth-order valence-electron chi connectivity index (χ4n) is 3.85. The van der Waals surface area contributed by atoms with E-state index in [0.717, 1.165) is 40.3 Å². The zero-order valence-corrected chi connectivity index (χ0v) is 19.1. The number of hydrogen-bond acceptors (Lipinski definition) is 5. The van der Waals surface area contributed by atoms with Crippen molar-refractivity contribution < 1.29 is 12.8 Å². The zero-order chi connectivity index (χ0) is 22.0. The van der Waals surface area contributed by atoms with Gasteiger partial charge >= 0.3 is 0 Å². The Morgan fingerprint density at radius 2 is 1.69 bits per heavy atom. The van der Waals surface area contributed by atoms with E-state index in [-0.39, 0.29) is 0 Å². The van der Waals surface area contributed by atoms with Crippen LogP contribution in [0.15, 0.2) is 92.7 Å². The quantitative estimate of drug-likeness (QED) is 0.408. The molecule has 2 aromatic heterocycles. The van der Waals surface area contributed by atoms with E-state index in [1.807, 2.05) is 54.6 Å². The third-order valence-corrected chi connectivity index (χ3v) is 8.30. The zero-order valence-electron chi connectivity index (χ0n) is 17.4. The van der Waals surface area contributed by atoms with Crippen LogP contribution in [0.3, 0.4) is 0 Å². The summed E-state index contributed by atoms with van der Waals surface area (Å²) < 4.78 is 35.0. The van der Waals surface area contributed by atoms with Crippen LogP contribution in [0.4, 0.5) is 5.69 Å². The van der Waals surface area contributed by atoms with Crippen molar-refractivity contribution in [3.05, 3.63) is 88.9 Å². The Labute approximate surface area is 191 Å². The van der Waals surface area contributed by atoms with Crippen molar-refractivity contribution >= 4 is 27.0 Å². The fraction of sp³-hybridized carbons (Fsp3) is 0.208. The second-order valence-electron chi connectivity index (χ2n) is 7.65. The first-order valence-corrected chi connectivity index (χ1v) is 12.8. The van der Waals surface area contributed by atoms with Crippen molar-refractivity contribution in [1.82, 2.24) is 8.87 Å². The van der Waals surface area contributed by atoms with Crippen molar-refractivity contribution in [2.75, 3.05) is 13.1 Å². The van der Waals surface area contributed by atoms with E-state index >= 15 is 0 Å². The van der Waals surface area contributed by atoms with E-state index in [4.69, 9.17) is 9.41 Å². The highest BCUT2D eigenvalue weighted by molar-refractivity contribution is 7.89. The molecular weight excluding hydrogens is 442 g/mol. The molecule has 3 heterocycles. The summed E-state index contributed by atoms with van der Waals surface area (Å²) in [5.74, 6) is 0.826. The van der Waals surface area contributed by atoms with Crippen molar-refractivity contribution in [3.8, 4) is 11.3 Å². The van der Waals surface area contributed by atoms with Gasteiger partial charge in [0.05, 0.1) is 29.1 Å². The Morgan fingerprint density at radius 3 is 2.38 bits per heavy atom. The first-order valence-electron chi connectivity index (χ1n) is 10.5. The van der Waals surface area contributed by atoms with Crippen molar-refractivity contribution in [2.45, 2.75) is 24.3 Å². The number of rotatable bonds is 6. The molecule has 0 N–H and O–H groups in total. The average Bonchev–Trinajstić information content (AvgIpc) is 3.59. The van der Waals surface area contributed by atoms with Gasteiger partial charge in [-0.3, -0.25) is 0 Å². The molecule has 1 fully saturated rings. The van der Waals surface area contributed by atoms with Gasteiger partial charge in [0.2, 0.25) is 10.0 Å². The van der Waals surface area contributed by atoms with Crippen LogP contribution in [0.1, 0.15) is 18.6 Å². The highest BCUT2D eigenvalue weighted by atomic mass is 32.2. The van der Waals surface area contributed by atoms with Crippen LogP contribution >= 0.6 is 11.3 Å². The van der Waals surface area contributed by atoms with Gasteiger partial charge in [0, 0.05) is 18.5 Å². The molecule has 0 atom stereocenters. The predicted octanol–water partition coefficient (Wildman–Crippen LogP) is 4.87. The molecule has 0 bridgehead atoms. The maximum Gasteiger partial charge on any atom is 0.243 e. The summed E-state index contributed by atoms with van der Waals surface area (Å²) in [6, 6.07) is 20.8. The normalized spacial score (nSPS) is 15.4. The van der Waals surface area contributed by atoms with Crippen LogP contribution in [0.25, 0.3) is 11.3 Å². The van der Waals surface area contributed by atoms with E-state index in [1.165, 1.54) is 0 Å². The number of furan rings is 1. The van der Waals surface area contributed by atoms with Gasteiger partial charge in [-0.05, 0) is 54.8 Å². The van der Waals surface area contributed by atoms with E-state index in [2.05, 4.69) is 9.95 Å². The molecular formula is C24H23N3O3S2. The molecule has 5 rings (SSSR count). The number of benzene rings is 2. The van der Waals surface area contributed by atoms with Crippen LogP contribution in [-0.4, -0.2) is 30.4 Å². The molecule has 6 nitrogen and oxygen atoms in total. The molecule has 0 saturated carbocycles. The van der Waals surface area contributed by atoms with Gasteiger partial charge in [-0.2, -0.15) is 4.31 Å². The fourth-order valence-corrected chi connectivity index (χ4v) is 6.29. The van der Waals surface area contributed by atoms with Gasteiger partial charge < -0.3 is 8.98 Å². The van der Waals surface area contributed by atoms with Crippen molar-refractivity contribution in [1.29, 1.82) is 0 Å². The molecule has 1 saturated heterocycles. The average molecular weight is 466 g/mol. The lowest BCUT2D eigenvalue weighted by atomic mass is 10.2. The first kappa shape index (κ1) is 20.9. The molecule has 0 spiro atoms. The number of para-hydroxylation sites is 1. The van der Waals surface area contributed by atoms with Gasteiger partial charge in [-0.15, -0.1) is 11.3 Å². The van der Waals surface area contributed by atoms with Crippen LogP contribution < -0.4 is 4.80 Å². The number of sulfonamides is 1. The largest absolute Gasteiger partial charge is 0.467 e. The van der Waals surface area contributed by atoms with Crippen LogP contribution in [0.5, 0.6) is 0 Å². The molecule has 2 aromatic carbocycles. The van der Waals surface area contributed by atoms with Crippen LogP contribution in [-0.2, 0) is 16.6 Å². The second kappa shape index (κ2) is 8.90. The first-order chi connectivity index (χ1) is 15.6. The highest BCUT2D eigenvalue weighted by Crippen LogP contribution is 2.26. The van der Waals surface area contributed by atoms with Crippen molar-refractivity contribution in [3.63, 3.8) is 0 Å². The van der Waals surface area contributed by atoms with Gasteiger partial charge in [-0.25, -0.2) is 13.4 Å². The number of aromatic nitrogens is 1. The van der Waals surface area contributed by atoms with E-state index < -0.39 is 10.0 Å². The standard InChI is InChI=1S/C24H23N3O3S2/c28-32(29,26-14-4-5-15-26)22-12-10-19(11-13-22)23-18-31-24(25-20-7-2-1-3-8-20)27(23)17-21-9-6-16-30-21/h1-3,6-13,16,18H,4-5,14-15,17H2. The van der Waals surface area contributed by atoms with E-state index in [0.29, 0.717) is 24.5 Å². The van der Waals surface area contributed by atoms with Crippen molar-refractivity contribution in [2.24, 2.45) is 4.99 Å². The molecule has 8 heteroatoms. The molecule has 32 heavy (non-hydrogen) atoms. The maximum atomic E-state index is 12.9. The van der Waals surface area contributed by atoms with E-state index in [1.54, 1.807) is 34.0 Å². The monoisotopic (exact) mass is 465 g/mol. The molecule has 0 unspecified atom stereocenters. The lowest BCUT2D eigenvalue weighted by Gasteiger charge is -2.15. The molecule has 1 aliphatic rings. The lowest BCUT2D eigenvalue weighted by Crippen LogP contribution is -2.27. The smallest absolute Gasteiger partial charge is 0.243 e. The third-order valence-electron chi connectivity index (χ3n) is 5.53. The molecule has 1 aliphatic heterocycles. The summed E-state index contributed by atoms with van der Waals surface area (Å²) in [5, 5.41) is 2.05. The Kier molecular flexibility index (Phi) is 5.82. The molecule has 0 radical (unpaired) electrons. The highest BCUT2D eigenvalue weighted by Gasteiger charge is 2.27. The molecule has 0 aliphatic carbocycles. The Hall–Kier alpha value is -2.94. The van der Waals surface area contributed by atoms with Crippen LogP contribution in [0.2, 0.25) is 0 Å². The van der Waals surface area contributed by atoms with Crippen LogP contribution in [0, 0.1) is 0 Å². The summed E-state index contributed by atoms with van der Waals surface area (Å²) in [6.45, 7) is 1.73. The lowest BCUT2D eigenvalue weighted by molar-refractivity contribution is 0.477. The van der Waals surface area contributed by atoms with Gasteiger partial charge in [0.15, 0.2) is 4.80 Å². The van der Waals surface area contributed by atoms with Gasteiger partial charge in [-0.1, -0.05) is 30.3 Å². The Balaban J connectivity index is 1.54. The third kappa shape index (κ3) is 4.21. The minimum Gasteiger partial charge on any atom is -0.467 e. The topological polar surface area (TPSA) is 67.8 Å². The van der Waals surface area contributed by atoms with Gasteiger partial charge in [0.1, 0.15) is 5.76 Å². The summed E-state index contributed by atoms with van der Waals surface area (Å²) in [6.07, 6.45) is 3.51. The van der Waals surface area contributed by atoms with Gasteiger partial charge in [0.25, 0.3) is 0 Å². The van der Waals surface area contributed by atoms with E-state index in [9.17, 15) is 8.42 Å². The second-order valence-corrected chi connectivity index (χ2v) is 10.4. The summed E-state index contributed by atoms with van der Waals surface area (Å²) >= 11 is 1.55. The Bertz CT molecular complexity index is 1350. The molecule has 0 amide bonds.